The molecule has 2 N–H and O–H groups in total. The van der Waals surface area contributed by atoms with Gasteiger partial charge in [0.2, 0.25) is 6.79 Å². The van der Waals surface area contributed by atoms with Gasteiger partial charge in [-0.15, -0.1) is 0 Å². The molecule has 1 aliphatic heterocycles. The van der Waals surface area contributed by atoms with E-state index in [-0.39, 0.29) is 13.4 Å². The summed E-state index contributed by atoms with van der Waals surface area (Å²) < 4.78 is 16.7. The number of halogens is 1. The maximum atomic E-state index is 11.8. The molecule has 0 aliphatic carbocycles. The fourth-order valence-electron chi connectivity index (χ4n) is 2.00. The maximum Gasteiger partial charge on any atom is 0.325 e. The van der Waals surface area contributed by atoms with E-state index in [0.717, 1.165) is 3.57 Å². The fraction of sp³-hybridized carbons (Fsp3) is 0.125. The van der Waals surface area contributed by atoms with Crippen LogP contribution in [0.15, 0.2) is 42.5 Å². The second-order valence-corrected chi connectivity index (χ2v) is 5.95. The van der Waals surface area contributed by atoms with Crippen LogP contribution in [0.2, 0.25) is 0 Å². The molecular weight excluding hydrogens is 427 g/mol. The van der Waals surface area contributed by atoms with Gasteiger partial charge >= 0.3 is 6.03 Å². The van der Waals surface area contributed by atoms with Crippen molar-refractivity contribution in [2.75, 3.05) is 18.7 Å². The van der Waals surface area contributed by atoms with Crippen molar-refractivity contribution in [3.63, 3.8) is 0 Å². The molecular formula is C16H13IN2O5. The molecule has 24 heavy (non-hydrogen) atoms. The number of carbonyl (C=O) groups is 2. The zero-order valence-corrected chi connectivity index (χ0v) is 14.5. The Morgan fingerprint density at radius 1 is 1.12 bits per heavy atom. The number of anilines is 1. The van der Waals surface area contributed by atoms with Gasteiger partial charge in [0.15, 0.2) is 18.1 Å². The predicted octanol–water partition coefficient (Wildman–Crippen LogP) is 2.75. The normalized spacial score (nSPS) is 11.7. The monoisotopic (exact) mass is 440 g/mol. The van der Waals surface area contributed by atoms with Crippen molar-refractivity contribution in [1.82, 2.24) is 5.32 Å². The van der Waals surface area contributed by atoms with Gasteiger partial charge < -0.3 is 19.5 Å². The highest BCUT2D eigenvalue weighted by Crippen LogP contribution is 2.34. The third-order valence-corrected chi connectivity index (χ3v) is 3.97. The number of hydrogen-bond acceptors (Lipinski definition) is 5. The summed E-state index contributed by atoms with van der Waals surface area (Å²) in [6, 6.07) is 11.6. The number of ether oxygens (including phenoxy) is 3. The highest BCUT2D eigenvalue weighted by molar-refractivity contribution is 14.1. The summed E-state index contributed by atoms with van der Waals surface area (Å²) in [6.45, 7) is -0.104. The molecule has 0 atom stereocenters. The summed E-state index contributed by atoms with van der Waals surface area (Å²) in [5.41, 5.74) is 0.489. The first-order valence-corrected chi connectivity index (χ1v) is 8.07. The van der Waals surface area contributed by atoms with Crippen LogP contribution in [0.25, 0.3) is 0 Å². The van der Waals surface area contributed by atoms with E-state index in [0.29, 0.717) is 22.9 Å². The van der Waals surface area contributed by atoms with Crippen molar-refractivity contribution in [2.45, 2.75) is 0 Å². The smallest absolute Gasteiger partial charge is 0.325 e. The summed E-state index contributed by atoms with van der Waals surface area (Å²) in [5, 5.41) is 4.75. The first-order chi connectivity index (χ1) is 11.6. The van der Waals surface area contributed by atoms with Crippen LogP contribution in [0, 0.1) is 3.57 Å². The van der Waals surface area contributed by atoms with E-state index in [2.05, 4.69) is 33.2 Å². The average molecular weight is 440 g/mol. The quantitative estimate of drug-likeness (QED) is 0.715. The molecule has 0 saturated carbocycles. The number of carbonyl (C=O) groups excluding carboxylic acids is 2. The molecule has 3 amide bonds. The van der Waals surface area contributed by atoms with Crippen molar-refractivity contribution in [1.29, 1.82) is 0 Å². The number of fused-ring (bicyclic) bond motifs is 1. The fourth-order valence-corrected chi connectivity index (χ4v) is 2.55. The van der Waals surface area contributed by atoms with E-state index < -0.39 is 11.9 Å². The third kappa shape index (κ3) is 4.07. The number of urea groups is 1. The van der Waals surface area contributed by atoms with Gasteiger partial charge in [0, 0.05) is 11.8 Å². The summed E-state index contributed by atoms with van der Waals surface area (Å²) in [4.78, 5) is 23.6. The molecule has 7 nitrogen and oxygen atoms in total. The molecule has 1 heterocycles. The first kappa shape index (κ1) is 16.4. The van der Waals surface area contributed by atoms with Crippen LogP contribution in [-0.2, 0) is 4.79 Å². The van der Waals surface area contributed by atoms with Gasteiger partial charge in [-0.1, -0.05) is 12.1 Å². The molecule has 0 radical (unpaired) electrons. The molecule has 3 rings (SSSR count). The van der Waals surface area contributed by atoms with Crippen LogP contribution in [0.3, 0.4) is 0 Å². The molecule has 2 aromatic rings. The molecule has 0 saturated heterocycles. The van der Waals surface area contributed by atoms with Crippen LogP contribution in [0.1, 0.15) is 0 Å². The Bertz CT molecular complexity index is 781. The Kier molecular flexibility index (Phi) is 5.04. The molecule has 8 heteroatoms. The van der Waals surface area contributed by atoms with Gasteiger partial charge in [-0.25, -0.2) is 4.79 Å². The van der Waals surface area contributed by atoms with Crippen molar-refractivity contribution >= 4 is 40.2 Å². The summed E-state index contributed by atoms with van der Waals surface area (Å²) in [7, 11) is 0. The van der Waals surface area contributed by atoms with Crippen LogP contribution < -0.4 is 24.8 Å². The Morgan fingerprint density at radius 2 is 1.92 bits per heavy atom. The maximum absolute atomic E-state index is 11.8. The minimum absolute atomic E-state index is 0.152. The van der Waals surface area contributed by atoms with E-state index in [4.69, 9.17) is 14.2 Å². The number of imide groups is 1. The van der Waals surface area contributed by atoms with Gasteiger partial charge in [-0.2, -0.15) is 0 Å². The summed E-state index contributed by atoms with van der Waals surface area (Å²) in [5.74, 6) is 1.20. The molecule has 0 aromatic heterocycles. The number of benzene rings is 2. The molecule has 124 valence electrons. The number of para-hydroxylation sites is 1. The second-order valence-electron chi connectivity index (χ2n) is 4.79. The van der Waals surface area contributed by atoms with E-state index in [1.165, 1.54) is 0 Å². The van der Waals surface area contributed by atoms with E-state index in [9.17, 15) is 9.59 Å². The van der Waals surface area contributed by atoms with Crippen LogP contribution in [0.4, 0.5) is 10.5 Å². The first-order valence-electron chi connectivity index (χ1n) is 6.99. The zero-order valence-electron chi connectivity index (χ0n) is 12.4. The van der Waals surface area contributed by atoms with Crippen LogP contribution in [0.5, 0.6) is 17.2 Å². The number of rotatable bonds is 4. The lowest BCUT2D eigenvalue weighted by Gasteiger charge is -2.09. The van der Waals surface area contributed by atoms with Crippen molar-refractivity contribution in [3.8, 4) is 17.2 Å². The average Bonchev–Trinajstić information content (AvgIpc) is 3.01. The molecule has 0 bridgehead atoms. The highest BCUT2D eigenvalue weighted by atomic mass is 127. The van der Waals surface area contributed by atoms with Gasteiger partial charge in [-0.3, -0.25) is 10.1 Å². The van der Waals surface area contributed by atoms with E-state index >= 15 is 0 Å². The lowest BCUT2D eigenvalue weighted by atomic mass is 10.3. The molecule has 0 unspecified atom stereocenters. The minimum Gasteiger partial charge on any atom is -0.483 e. The molecule has 1 aliphatic rings. The van der Waals surface area contributed by atoms with Crippen molar-refractivity contribution in [2.24, 2.45) is 0 Å². The molecule has 2 aromatic carbocycles. The topological polar surface area (TPSA) is 85.9 Å². The lowest BCUT2D eigenvalue weighted by Crippen LogP contribution is -2.37. The van der Waals surface area contributed by atoms with Gasteiger partial charge in [0.05, 0.1) is 3.57 Å². The SMILES string of the molecule is O=C(COc1ccccc1I)NC(=O)Nc1ccc2c(c1)OCO2. The van der Waals surface area contributed by atoms with Crippen LogP contribution in [-0.4, -0.2) is 25.3 Å². The lowest BCUT2D eigenvalue weighted by molar-refractivity contribution is -0.121. The van der Waals surface area contributed by atoms with Gasteiger partial charge in [0.25, 0.3) is 5.91 Å². The zero-order chi connectivity index (χ0) is 16.9. The number of hydrogen-bond donors (Lipinski definition) is 2. The highest BCUT2D eigenvalue weighted by Gasteiger charge is 2.15. The number of nitrogens with one attached hydrogen (secondary N) is 2. The van der Waals surface area contributed by atoms with Crippen molar-refractivity contribution in [3.05, 3.63) is 46.0 Å². The van der Waals surface area contributed by atoms with Crippen molar-refractivity contribution < 1.29 is 23.8 Å². The van der Waals surface area contributed by atoms with Crippen LogP contribution >= 0.6 is 22.6 Å². The van der Waals surface area contributed by atoms with Gasteiger partial charge in [-0.05, 0) is 46.9 Å². The Balaban J connectivity index is 1.49. The molecule has 0 spiro atoms. The molecule has 0 fully saturated rings. The summed E-state index contributed by atoms with van der Waals surface area (Å²) >= 11 is 2.10. The Hall–Kier alpha value is -2.49. The largest absolute Gasteiger partial charge is 0.483 e. The second kappa shape index (κ2) is 7.39. The predicted molar refractivity (Wildman–Crippen MR) is 94.4 cm³/mol. The minimum atomic E-state index is -0.648. The standard InChI is InChI=1S/C16H13IN2O5/c17-11-3-1-2-4-12(11)22-8-15(20)19-16(21)18-10-5-6-13-14(7-10)24-9-23-13/h1-7H,8-9H2,(H2,18,19,20,21). The van der Waals surface area contributed by atoms with E-state index in [1.54, 1.807) is 24.3 Å². The summed E-state index contributed by atoms with van der Waals surface area (Å²) in [6.07, 6.45) is 0. The Morgan fingerprint density at radius 3 is 2.75 bits per heavy atom. The van der Waals surface area contributed by atoms with Gasteiger partial charge in [0.1, 0.15) is 5.75 Å². The number of amides is 3. The third-order valence-electron chi connectivity index (χ3n) is 3.08. The van der Waals surface area contributed by atoms with E-state index in [1.807, 2.05) is 18.2 Å². The Labute approximate surface area is 151 Å².